The molecule has 1 heterocycles. The monoisotopic (exact) mass is 170 g/mol. The standard InChI is InChI=1S/C10H22N2/c1-4-9(2)12-7-5-6-10(8-12)11-3/h9-11H,4-8H2,1-3H3. The quantitative estimate of drug-likeness (QED) is 0.690. The van der Waals surface area contributed by atoms with Crippen LogP contribution in [0, 0.1) is 0 Å². The highest BCUT2D eigenvalue weighted by molar-refractivity contribution is 4.79. The molecule has 0 radical (unpaired) electrons. The van der Waals surface area contributed by atoms with Crippen LogP contribution in [-0.2, 0) is 0 Å². The number of rotatable bonds is 3. The third-order valence-electron chi connectivity index (χ3n) is 3.08. The lowest BCUT2D eigenvalue weighted by molar-refractivity contribution is 0.146. The molecule has 0 bridgehead atoms. The van der Waals surface area contributed by atoms with E-state index in [4.69, 9.17) is 0 Å². The summed E-state index contributed by atoms with van der Waals surface area (Å²) in [6.45, 7) is 7.14. The number of nitrogens with one attached hydrogen (secondary N) is 1. The molecule has 72 valence electrons. The predicted octanol–water partition coefficient (Wildman–Crippen LogP) is 1.47. The summed E-state index contributed by atoms with van der Waals surface area (Å²) >= 11 is 0. The summed E-state index contributed by atoms with van der Waals surface area (Å²) in [6.07, 6.45) is 3.98. The van der Waals surface area contributed by atoms with Gasteiger partial charge in [-0.05, 0) is 39.8 Å². The number of likely N-dealkylation sites (N-methyl/N-ethyl adjacent to an activating group) is 1. The molecule has 0 aliphatic carbocycles. The van der Waals surface area contributed by atoms with Gasteiger partial charge >= 0.3 is 0 Å². The van der Waals surface area contributed by atoms with Crippen LogP contribution in [0.5, 0.6) is 0 Å². The van der Waals surface area contributed by atoms with Gasteiger partial charge in [0.15, 0.2) is 0 Å². The summed E-state index contributed by atoms with van der Waals surface area (Å²) in [5.41, 5.74) is 0. The minimum Gasteiger partial charge on any atom is -0.316 e. The first kappa shape index (κ1) is 10.0. The first-order valence-electron chi connectivity index (χ1n) is 5.19. The van der Waals surface area contributed by atoms with E-state index in [1.807, 2.05) is 0 Å². The Hall–Kier alpha value is -0.0800. The van der Waals surface area contributed by atoms with Gasteiger partial charge in [-0.25, -0.2) is 0 Å². The minimum absolute atomic E-state index is 0.729. The maximum Gasteiger partial charge on any atom is 0.0192 e. The molecule has 1 rings (SSSR count). The average molecular weight is 170 g/mol. The van der Waals surface area contributed by atoms with Crippen molar-refractivity contribution in [2.24, 2.45) is 0 Å². The molecule has 0 spiro atoms. The van der Waals surface area contributed by atoms with E-state index in [9.17, 15) is 0 Å². The van der Waals surface area contributed by atoms with Crippen molar-refractivity contribution in [1.82, 2.24) is 10.2 Å². The molecule has 1 fully saturated rings. The Kier molecular flexibility index (Phi) is 4.02. The van der Waals surface area contributed by atoms with E-state index < -0.39 is 0 Å². The second-order valence-corrected chi connectivity index (χ2v) is 3.88. The van der Waals surface area contributed by atoms with Gasteiger partial charge in [-0.1, -0.05) is 6.92 Å². The van der Waals surface area contributed by atoms with E-state index in [1.165, 1.54) is 32.4 Å². The number of hydrogen-bond donors (Lipinski definition) is 1. The molecule has 0 aromatic heterocycles. The summed E-state index contributed by atoms with van der Waals surface area (Å²) in [5.74, 6) is 0. The Morgan fingerprint density at radius 2 is 2.33 bits per heavy atom. The molecule has 1 aliphatic heterocycles. The van der Waals surface area contributed by atoms with Gasteiger partial charge in [0.25, 0.3) is 0 Å². The van der Waals surface area contributed by atoms with Crippen molar-refractivity contribution in [2.75, 3.05) is 20.1 Å². The summed E-state index contributed by atoms with van der Waals surface area (Å²) in [6, 6.07) is 1.49. The van der Waals surface area contributed by atoms with Gasteiger partial charge in [0, 0.05) is 18.6 Å². The van der Waals surface area contributed by atoms with Crippen LogP contribution in [0.4, 0.5) is 0 Å². The predicted molar refractivity (Wildman–Crippen MR) is 53.4 cm³/mol. The summed E-state index contributed by atoms with van der Waals surface area (Å²) < 4.78 is 0. The number of nitrogens with zero attached hydrogens (tertiary/aromatic N) is 1. The van der Waals surface area contributed by atoms with Crippen molar-refractivity contribution in [3.05, 3.63) is 0 Å². The number of piperidine rings is 1. The Morgan fingerprint density at radius 1 is 1.58 bits per heavy atom. The first-order chi connectivity index (χ1) is 5.77. The van der Waals surface area contributed by atoms with Crippen molar-refractivity contribution in [3.63, 3.8) is 0 Å². The molecule has 2 unspecified atom stereocenters. The van der Waals surface area contributed by atoms with Crippen LogP contribution in [0.25, 0.3) is 0 Å². The van der Waals surface area contributed by atoms with E-state index in [-0.39, 0.29) is 0 Å². The SMILES string of the molecule is CCC(C)N1CCCC(NC)C1. The zero-order valence-corrected chi connectivity index (χ0v) is 8.64. The topological polar surface area (TPSA) is 15.3 Å². The normalized spacial score (nSPS) is 28.8. The molecule has 1 N–H and O–H groups in total. The molecule has 2 nitrogen and oxygen atoms in total. The van der Waals surface area contributed by atoms with Crippen molar-refractivity contribution < 1.29 is 0 Å². The third kappa shape index (κ3) is 2.46. The second-order valence-electron chi connectivity index (χ2n) is 3.88. The van der Waals surface area contributed by atoms with Crippen LogP contribution in [0.3, 0.4) is 0 Å². The average Bonchev–Trinajstić information content (AvgIpc) is 2.17. The van der Waals surface area contributed by atoms with Crippen molar-refractivity contribution >= 4 is 0 Å². The van der Waals surface area contributed by atoms with Crippen molar-refractivity contribution in [2.45, 2.75) is 45.2 Å². The molecular formula is C10H22N2. The zero-order valence-electron chi connectivity index (χ0n) is 8.64. The van der Waals surface area contributed by atoms with E-state index in [0.717, 1.165) is 12.1 Å². The van der Waals surface area contributed by atoms with Gasteiger partial charge in [0.05, 0.1) is 0 Å². The summed E-state index contributed by atoms with van der Waals surface area (Å²) in [4.78, 5) is 2.60. The summed E-state index contributed by atoms with van der Waals surface area (Å²) in [7, 11) is 2.07. The highest BCUT2D eigenvalue weighted by Crippen LogP contribution is 2.13. The minimum atomic E-state index is 0.729. The number of likely N-dealkylation sites (tertiary alicyclic amines) is 1. The highest BCUT2D eigenvalue weighted by atomic mass is 15.2. The number of hydrogen-bond acceptors (Lipinski definition) is 2. The van der Waals surface area contributed by atoms with E-state index in [0.29, 0.717) is 0 Å². The van der Waals surface area contributed by atoms with Crippen LogP contribution >= 0.6 is 0 Å². The van der Waals surface area contributed by atoms with Gasteiger partial charge in [0.1, 0.15) is 0 Å². The molecule has 1 aliphatic rings. The lowest BCUT2D eigenvalue weighted by Gasteiger charge is -2.36. The molecule has 12 heavy (non-hydrogen) atoms. The Morgan fingerprint density at radius 3 is 2.92 bits per heavy atom. The van der Waals surface area contributed by atoms with Crippen molar-refractivity contribution in [1.29, 1.82) is 0 Å². The molecule has 0 amide bonds. The van der Waals surface area contributed by atoms with Gasteiger partial charge < -0.3 is 5.32 Å². The maximum absolute atomic E-state index is 3.37. The van der Waals surface area contributed by atoms with Gasteiger partial charge in [-0.3, -0.25) is 4.90 Å². The molecule has 2 heteroatoms. The fraction of sp³-hybridized carbons (Fsp3) is 1.00. The highest BCUT2D eigenvalue weighted by Gasteiger charge is 2.20. The van der Waals surface area contributed by atoms with Crippen LogP contribution in [0.1, 0.15) is 33.1 Å². The Bertz CT molecular complexity index is 123. The van der Waals surface area contributed by atoms with E-state index in [1.54, 1.807) is 0 Å². The molecule has 1 saturated heterocycles. The summed E-state index contributed by atoms with van der Waals surface area (Å²) in [5, 5.41) is 3.37. The van der Waals surface area contributed by atoms with E-state index in [2.05, 4.69) is 31.1 Å². The second kappa shape index (κ2) is 4.83. The van der Waals surface area contributed by atoms with Crippen LogP contribution in [0.2, 0.25) is 0 Å². The maximum atomic E-state index is 3.37. The Balaban J connectivity index is 2.34. The zero-order chi connectivity index (χ0) is 8.97. The van der Waals surface area contributed by atoms with Gasteiger partial charge in [-0.2, -0.15) is 0 Å². The largest absolute Gasteiger partial charge is 0.316 e. The van der Waals surface area contributed by atoms with Crippen LogP contribution in [-0.4, -0.2) is 37.1 Å². The smallest absolute Gasteiger partial charge is 0.0192 e. The fourth-order valence-corrected chi connectivity index (χ4v) is 1.90. The lowest BCUT2D eigenvalue weighted by Crippen LogP contribution is -2.47. The fourth-order valence-electron chi connectivity index (χ4n) is 1.90. The van der Waals surface area contributed by atoms with Crippen LogP contribution < -0.4 is 5.32 Å². The van der Waals surface area contributed by atoms with Crippen LogP contribution in [0.15, 0.2) is 0 Å². The molecule has 0 saturated carbocycles. The van der Waals surface area contributed by atoms with Gasteiger partial charge in [0.2, 0.25) is 0 Å². The van der Waals surface area contributed by atoms with Gasteiger partial charge in [-0.15, -0.1) is 0 Å². The molecule has 0 aromatic carbocycles. The molecule has 2 atom stereocenters. The molecular weight excluding hydrogens is 148 g/mol. The Labute approximate surface area is 76.3 Å². The lowest BCUT2D eigenvalue weighted by atomic mass is 10.0. The first-order valence-corrected chi connectivity index (χ1v) is 5.19. The van der Waals surface area contributed by atoms with Crippen molar-refractivity contribution in [3.8, 4) is 0 Å². The molecule has 0 aromatic rings. The third-order valence-corrected chi connectivity index (χ3v) is 3.08. The van der Waals surface area contributed by atoms with E-state index >= 15 is 0 Å².